The van der Waals surface area contributed by atoms with E-state index in [1.807, 2.05) is 32.0 Å². The number of para-hydroxylation sites is 1. The Labute approximate surface area is 122 Å². The maximum absolute atomic E-state index is 11.1. The number of nitro benzene ring substituents is 1. The van der Waals surface area contributed by atoms with Gasteiger partial charge in [0, 0.05) is 17.1 Å². The molecule has 0 aliphatic heterocycles. The van der Waals surface area contributed by atoms with Crippen molar-refractivity contribution in [3.05, 3.63) is 68.7 Å². The first-order chi connectivity index (χ1) is 9.49. The Morgan fingerprint density at radius 1 is 1.20 bits per heavy atom. The van der Waals surface area contributed by atoms with Crippen molar-refractivity contribution >= 4 is 23.0 Å². The van der Waals surface area contributed by atoms with Crippen LogP contribution in [0.15, 0.2) is 42.5 Å². The largest absolute Gasteiger partial charge is 0.373 e. The van der Waals surface area contributed by atoms with Crippen LogP contribution in [0.3, 0.4) is 0 Å². The molecule has 0 heterocycles. The third-order valence-corrected chi connectivity index (χ3v) is 3.43. The Morgan fingerprint density at radius 2 is 1.85 bits per heavy atom. The van der Waals surface area contributed by atoms with Crippen molar-refractivity contribution in [3.8, 4) is 0 Å². The van der Waals surface area contributed by atoms with E-state index in [4.69, 9.17) is 11.6 Å². The van der Waals surface area contributed by atoms with E-state index in [0.717, 1.165) is 11.1 Å². The van der Waals surface area contributed by atoms with Crippen molar-refractivity contribution < 1.29 is 4.92 Å². The van der Waals surface area contributed by atoms with Gasteiger partial charge >= 0.3 is 0 Å². The van der Waals surface area contributed by atoms with Crippen molar-refractivity contribution in [3.63, 3.8) is 0 Å². The Balaban J connectivity index is 2.30. The predicted octanol–water partition coefficient (Wildman–Crippen LogP) is 4.73. The summed E-state index contributed by atoms with van der Waals surface area (Å²) in [4.78, 5) is 10.7. The van der Waals surface area contributed by atoms with Crippen LogP contribution in [0.1, 0.15) is 24.1 Å². The van der Waals surface area contributed by atoms with Crippen LogP contribution in [0, 0.1) is 17.0 Å². The fourth-order valence-electron chi connectivity index (χ4n) is 2.04. The van der Waals surface area contributed by atoms with E-state index in [0.29, 0.717) is 10.7 Å². The number of benzene rings is 2. The number of anilines is 1. The van der Waals surface area contributed by atoms with E-state index in [9.17, 15) is 10.1 Å². The van der Waals surface area contributed by atoms with Gasteiger partial charge in [0.05, 0.1) is 4.92 Å². The lowest BCUT2D eigenvalue weighted by molar-refractivity contribution is -0.384. The molecule has 0 amide bonds. The first kappa shape index (κ1) is 14.3. The lowest BCUT2D eigenvalue weighted by atomic mass is 10.1. The maximum Gasteiger partial charge on any atom is 0.292 e. The van der Waals surface area contributed by atoms with Gasteiger partial charge in [0.1, 0.15) is 5.69 Å². The first-order valence-corrected chi connectivity index (χ1v) is 6.63. The Hall–Kier alpha value is -2.07. The second kappa shape index (κ2) is 5.92. The number of nitrogens with one attached hydrogen (secondary N) is 1. The van der Waals surface area contributed by atoms with Gasteiger partial charge in [0.2, 0.25) is 0 Å². The van der Waals surface area contributed by atoms with Crippen LogP contribution in [0.5, 0.6) is 0 Å². The molecule has 0 radical (unpaired) electrons. The number of hydrogen-bond acceptors (Lipinski definition) is 3. The highest BCUT2D eigenvalue weighted by molar-refractivity contribution is 6.30. The highest BCUT2D eigenvalue weighted by Crippen LogP contribution is 2.31. The second-order valence-corrected chi connectivity index (χ2v) is 5.08. The summed E-state index contributed by atoms with van der Waals surface area (Å²) in [6.07, 6.45) is 0. The Bertz CT molecular complexity index is 626. The van der Waals surface area contributed by atoms with Gasteiger partial charge in [-0.05, 0) is 37.1 Å². The molecular weight excluding hydrogens is 276 g/mol. The van der Waals surface area contributed by atoms with Crippen LogP contribution in [0.25, 0.3) is 0 Å². The standard InChI is InChI=1S/C15H15ClN2O2/c1-10-4-3-5-14(18(19)20)15(10)17-11(2)12-6-8-13(16)9-7-12/h3-9,11,17H,1-2H3. The summed E-state index contributed by atoms with van der Waals surface area (Å²) in [5.74, 6) is 0. The highest BCUT2D eigenvalue weighted by atomic mass is 35.5. The molecule has 0 fully saturated rings. The predicted molar refractivity (Wildman–Crippen MR) is 81.3 cm³/mol. The van der Waals surface area contributed by atoms with E-state index < -0.39 is 0 Å². The molecule has 2 aromatic rings. The number of rotatable bonds is 4. The number of aryl methyl sites for hydroxylation is 1. The van der Waals surface area contributed by atoms with Gasteiger partial charge in [-0.2, -0.15) is 0 Å². The van der Waals surface area contributed by atoms with Crippen LogP contribution in [0.2, 0.25) is 5.02 Å². The Morgan fingerprint density at radius 3 is 2.45 bits per heavy atom. The molecule has 5 heteroatoms. The van der Waals surface area contributed by atoms with Gasteiger partial charge in [-0.1, -0.05) is 35.9 Å². The molecule has 2 aromatic carbocycles. The Kier molecular flexibility index (Phi) is 4.25. The van der Waals surface area contributed by atoms with Gasteiger partial charge in [0.15, 0.2) is 0 Å². The van der Waals surface area contributed by atoms with Crippen molar-refractivity contribution in [2.24, 2.45) is 0 Å². The van der Waals surface area contributed by atoms with E-state index >= 15 is 0 Å². The van der Waals surface area contributed by atoms with Gasteiger partial charge in [-0.15, -0.1) is 0 Å². The minimum Gasteiger partial charge on any atom is -0.373 e. The minimum atomic E-state index is -0.371. The third-order valence-electron chi connectivity index (χ3n) is 3.18. The molecule has 2 rings (SSSR count). The van der Waals surface area contributed by atoms with Crippen molar-refractivity contribution in [1.29, 1.82) is 0 Å². The summed E-state index contributed by atoms with van der Waals surface area (Å²) in [5, 5.41) is 15.0. The molecule has 0 saturated carbocycles. The molecule has 0 bridgehead atoms. The minimum absolute atomic E-state index is 0.0490. The van der Waals surface area contributed by atoms with Crippen molar-refractivity contribution in [2.75, 3.05) is 5.32 Å². The zero-order chi connectivity index (χ0) is 14.7. The van der Waals surface area contributed by atoms with Crippen LogP contribution >= 0.6 is 11.6 Å². The number of hydrogen-bond donors (Lipinski definition) is 1. The van der Waals surface area contributed by atoms with Crippen molar-refractivity contribution in [2.45, 2.75) is 19.9 Å². The van der Waals surface area contributed by atoms with E-state index in [1.165, 1.54) is 6.07 Å². The summed E-state index contributed by atoms with van der Waals surface area (Å²) in [6, 6.07) is 12.4. The molecule has 20 heavy (non-hydrogen) atoms. The molecule has 0 aromatic heterocycles. The summed E-state index contributed by atoms with van der Waals surface area (Å²) >= 11 is 5.86. The summed E-state index contributed by atoms with van der Waals surface area (Å²) in [6.45, 7) is 3.81. The third kappa shape index (κ3) is 3.08. The average Bonchev–Trinajstić information content (AvgIpc) is 2.41. The monoisotopic (exact) mass is 290 g/mol. The average molecular weight is 291 g/mol. The lowest BCUT2D eigenvalue weighted by Crippen LogP contribution is -2.09. The van der Waals surface area contributed by atoms with Gasteiger partial charge in [0.25, 0.3) is 5.69 Å². The van der Waals surface area contributed by atoms with Gasteiger partial charge < -0.3 is 5.32 Å². The van der Waals surface area contributed by atoms with E-state index in [1.54, 1.807) is 18.2 Å². The van der Waals surface area contributed by atoms with E-state index in [-0.39, 0.29) is 16.7 Å². The molecule has 104 valence electrons. The summed E-state index contributed by atoms with van der Waals surface area (Å²) in [5.41, 5.74) is 2.51. The first-order valence-electron chi connectivity index (χ1n) is 6.25. The number of nitrogens with zero attached hydrogens (tertiary/aromatic N) is 1. The van der Waals surface area contributed by atoms with Crippen molar-refractivity contribution in [1.82, 2.24) is 0 Å². The highest BCUT2D eigenvalue weighted by Gasteiger charge is 2.17. The molecule has 1 N–H and O–H groups in total. The topological polar surface area (TPSA) is 55.2 Å². The fourth-order valence-corrected chi connectivity index (χ4v) is 2.17. The quantitative estimate of drug-likeness (QED) is 0.654. The van der Waals surface area contributed by atoms with Crippen LogP contribution < -0.4 is 5.32 Å². The van der Waals surface area contributed by atoms with Crippen LogP contribution in [-0.4, -0.2) is 4.92 Å². The summed E-state index contributed by atoms with van der Waals surface area (Å²) < 4.78 is 0. The molecule has 0 aliphatic carbocycles. The molecule has 0 saturated heterocycles. The van der Waals surface area contributed by atoms with Gasteiger partial charge in [-0.3, -0.25) is 10.1 Å². The second-order valence-electron chi connectivity index (χ2n) is 4.64. The molecule has 4 nitrogen and oxygen atoms in total. The number of halogens is 1. The lowest BCUT2D eigenvalue weighted by Gasteiger charge is -2.17. The molecule has 1 unspecified atom stereocenters. The normalized spacial score (nSPS) is 11.9. The smallest absolute Gasteiger partial charge is 0.292 e. The van der Waals surface area contributed by atoms with Crippen LogP contribution in [0.4, 0.5) is 11.4 Å². The zero-order valence-corrected chi connectivity index (χ0v) is 12.0. The number of nitro groups is 1. The molecule has 0 aliphatic rings. The molecule has 0 spiro atoms. The fraction of sp³-hybridized carbons (Fsp3) is 0.200. The van der Waals surface area contributed by atoms with E-state index in [2.05, 4.69) is 5.32 Å². The summed E-state index contributed by atoms with van der Waals surface area (Å²) in [7, 11) is 0. The van der Waals surface area contributed by atoms with Gasteiger partial charge in [-0.25, -0.2) is 0 Å². The maximum atomic E-state index is 11.1. The SMILES string of the molecule is Cc1cccc([N+](=O)[O-])c1NC(C)c1ccc(Cl)cc1. The molecule has 1 atom stereocenters. The zero-order valence-electron chi connectivity index (χ0n) is 11.3. The molecular formula is C15H15ClN2O2. The van der Waals surface area contributed by atoms with Crippen LogP contribution in [-0.2, 0) is 0 Å².